The topological polar surface area (TPSA) is 23.8 Å². The summed E-state index contributed by atoms with van der Waals surface area (Å²) in [6.07, 6.45) is 3.47. The molecule has 1 nitrogen and oxygen atoms in total. The van der Waals surface area contributed by atoms with Crippen molar-refractivity contribution in [1.82, 2.24) is 0 Å². The van der Waals surface area contributed by atoms with Crippen LogP contribution in [-0.2, 0) is 0 Å². The Hall–Kier alpha value is -0.230. The van der Waals surface area contributed by atoms with Crippen LogP contribution in [0, 0.1) is 11.3 Å². The summed E-state index contributed by atoms with van der Waals surface area (Å²) in [5, 5.41) is 8.36. The zero-order valence-electron chi connectivity index (χ0n) is 6.94. The standard InChI is InChI=1S/C7H14FNS/c1-7(2,5-6-9)10(3,4)8/h5H2,1-4H3. The first-order chi connectivity index (χ1) is 4.31. The van der Waals surface area contributed by atoms with E-state index in [0.717, 1.165) is 0 Å². The van der Waals surface area contributed by atoms with Crippen molar-refractivity contribution in [1.29, 1.82) is 5.26 Å². The average Bonchev–Trinajstić information content (AvgIpc) is 1.61. The zero-order valence-corrected chi connectivity index (χ0v) is 7.76. The molecular weight excluding hydrogens is 149 g/mol. The highest BCUT2D eigenvalue weighted by molar-refractivity contribution is 8.29. The van der Waals surface area contributed by atoms with E-state index < -0.39 is 15.2 Å². The maximum absolute atomic E-state index is 13.3. The van der Waals surface area contributed by atoms with Crippen molar-refractivity contribution < 1.29 is 3.89 Å². The van der Waals surface area contributed by atoms with E-state index in [9.17, 15) is 3.89 Å². The summed E-state index contributed by atoms with van der Waals surface area (Å²) in [6, 6.07) is 2.00. The monoisotopic (exact) mass is 163 g/mol. The molecule has 0 aliphatic carbocycles. The summed E-state index contributed by atoms with van der Waals surface area (Å²) in [4.78, 5) is 0. The quantitative estimate of drug-likeness (QED) is 0.614. The minimum Gasteiger partial charge on any atom is -0.198 e. The lowest BCUT2D eigenvalue weighted by atomic mass is 10.1. The van der Waals surface area contributed by atoms with Crippen LogP contribution in [0.1, 0.15) is 20.3 Å². The minimum absolute atomic E-state index is 0.297. The van der Waals surface area contributed by atoms with Gasteiger partial charge in [0, 0.05) is 4.75 Å². The molecule has 0 aliphatic heterocycles. The van der Waals surface area contributed by atoms with Crippen molar-refractivity contribution in [2.75, 3.05) is 12.5 Å². The zero-order chi connectivity index (χ0) is 8.41. The summed E-state index contributed by atoms with van der Waals surface area (Å²) in [6.45, 7) is 3.59. The molecule has 0 N–H and O–H groups in total. The van der Waals surface area contributed by atoms with Gasteiger partial charge in [0.25, 0.3) is 0 Å². The van der Waals surface area contributed by atoms with E-state index in [0.29, 0.717) is 6.42 Å². The molecule has 0 radical (unpaired) electrons. The Morgan fingerprint density at radius 3 is 2.00 bits per heavy atom. The molecule has 0 aromatic carbocycles. The van der Waals surface area contributed by atoms with Crippen LogP contribution in [-0.4, -0.2) is 17.3 Å². The molecule has 3 heteroatoms. The third-order valence-electron chi connectivity index (χ3n) is 1.82. The van der Waals surface area contributed by atoms with Gasteiger partial charge in [-0.05, 0) is 26.4 Å². The maximum Gasteiger partial charge on any atom is 0.0636 e. The van der Waals surface area contributed by atoms with Gasteiger partial charge in [0.1, 0.15) is 0 Å². The van der Waals surface area contributed by atoms with E-state index in [1.54, 1.807) is 26.4 Å². The van der Waals surface area contributed by atoms with Gasteiger partial charge in [0.05, 0.1) is 12.5 Å². The fourth-order valence-corrected chi connectivity index (χ4v) is 0.770. The minimum atomic E-state index is -2.09. The lowest BCUT2D eigenvalue weighted by Gasteiger charge is -2.37. The Balaban J connectivity index is 4.28. The van der Waals surface area contributed by atoms with Crippen LogP contribution in [0.3, 0.4) is 0 Å². The number of nitrogens with zero attached hydrogens (tertiary/aromatic N) is 1. The van der Waals surface area contributed by atoms with Gasteiger partial charge < -0.3 is 0 Å². The van der Waals surface area contributed by atoms with Crippen molar-refractivity contribution in [3.63, 3.8) is 0 Å². The summed E-state index contributed by atoms with van der Waals surface area (Å²) in [5.41, 5.74) is 0. The second-order valence-electron chi connectivity index (χ2n) is 3.30. The predicted molar refractivity (Wildman–Crippen MR) is 44.9 cm³/mol. The second-order valence-corrected chi connectivity index (χ2v) is 6.81. The van der Waals surface area contributed by atoms with E-state index >= 15 is 0 Å². The van der Waals surface area contributed by atoms with Crippen LogP contribution >= 0.6 is 10.4 Å². The Kier molecular flexibility index (Phi) is 2.73. The van der Waals surface area contributed by atoms with Crippen LogP contribution in [0.25, 0.3) is 0 Å². The van der Waals surface area contributed by atoms with Crippen molar-refractivity contribution >= 4 is 10.4 Å². The Bertz CT molecular complexity index is 152. The van der Waals surface area contributed by atoms with E-state index in [2.05, 4.69) is 0 Å². The molecule has 0 saturated heterocycles. The first-order valence-electron chi connectivity index (χ1n) is 3.11. The highest BCUT2D eigenvalue weighted by Crippen LogP contribution is 2.55. The van der Waals surface area contributed by atoms with Gasteiger partial charge in [-0.3, -0.25) is 0 Å². The molecule has 0 fully saturated rings. The van der Waals surface area contributed by atoms with Crippen molar-refractivity contribution in [2.45, 2.75) is 25.0 Å². The molecule has 10 heavy (non-hydrogen) atoms. The predicted octanol–water partition coefficient (Wildman–Crippen LogP) is 2.63. The molecule has 0 bridgehead atoms. The van der Waals surface area contributed by atoms with E-state index in [1.165, 1.54) is 0 Å². The van der Waals surface area contributed by atoms with Crippen molar-refractivity contribution in [3.8, 4) is 6.07 Å². The van der Waals surface area contributed by atoms with Crippen LogP contribution in [0.2, 0.25) is 0 Å². The number of nitriles is 1. The van der Waals surface area contributed by atoms with E-state index in [1.807, 2.05) is 6.07 Å². The van der Waals surface area contributed by atoms with Crippen LogP contribution < -0.4 is 0 Å². The second kappa shape index (κ2) is 2.79. The average molecular weight is 163 g/mol. The number of halogens is 1. The Labute approximate surface area is 63.8 Å². The highest BCUT2D eigenvalue weighted by Gasteiger charge is 2.32. The SMILES string of the molecule is CC(C)(CC#N)S(C)(C)F. The van der Waals surface area contributed by atoms with Gasteiger partial charge in [-0.25, -0.2) is 0 Å². The summed E-state index contributed by atoms with van der Waals surface area (Å²) >= 11 is 0. The van der Waals surface area contributed by atoms with E-state index in [-0.39, 0.29) is 0 Å². The highest BCUT2D eigenvalue weighted by atomic mass is 32.3. The van der Waals surface area contributed by atoms with Crippen LogP contribution in [0.5, 0.6) is 0 Å². The Morgan fingerprint density at radius 2 is 1.90 bits per heavy atom. The maximum atomic E-state index is 13.3. The molecule has 0 saturated carbocycles. The molecule has 0 heterocycles. The molecule has 0 rings (SSSR count). The molecule has 0 aromatic rings. The van der Waals surface area contributed by atoms with Gasteiger partial charge in [-0.1, -0.05) is 10.4 Å². The lowest BCUT2D eigenvalue weighted by molar-refractivity contribution is 0.681. The molecular formula is C7H14FNS. The van der Waals surface area contributed by atoms with Crippen molar-refractivity contribution in [3.05, 3.63) is 0 Å². The van der Waals surface area contributed by atoms with Gasteiger partial charge in [-0.15, -0.1) is 0 Å². The fraction of sp³-hybridized carbons (Fsp3) is 0.857. The molecule has 60 valence electrons. The third-order valence-corrected chi connectivity index (χ3v) is 4.59. The van der Waals surface area contributed by atoms with Crippen LogP contribution in [0.4, 0.5) is 3.89 Å². The normalized spacial score (nSPS) is 14.4. The summed E-state index contributed by atoms with van der Waals surface area (Å²) < 4.78 is 12.8. The first kappa shape index (κ1) is 9.77. The molecule has 0 amide bonds. The van der Waals surface area contributed by atoms with Crippen LogP contribution in [0.15, 0.2) is 0 Å². The fourth-order valence-electron chi connectivity index (χ4n) is 0.362. The number of hydrogen-bond donors (Lipinski definition) is 0. The summed E-state index contributed by atoms with van der Waals surface area (Å²) in [5.74, 6) is 0. The largest absolute Gasteiger partial charge is 0.198 e. The number of rotatable bonds is 2. The Morgan fingerprint density at radius 1 is 1.50 bits per heavy atom. The number of hydrogen-bond acceptors (Lipinski definition) is 1. The third kappa shape index (κ3) is 2.18. The molecule has 0 aliphatic rings. The van der Waals surface area contributed by atoms with Gasteiger partial charge in [0.2, 0.25) is 0 Å². The molecule has 0 spiro atoms. The van der Waals surface area contributed by atoms with Gasteiger partial charge in [0.15, 0.2) is 0 Å². The lowest BCUT2D eigenvalue weighted by Crippen LogP contribution is -2.23. The molecule has 0 atom stereocenters. The smallest absolute Gasteiger partial charge is 0.0636 e. The summed E-state index contributed by atoms with van der Waals surface area (Å²) in [7, 11) is -2.09. The molecule has 0 aromatic heterocycles. The molecule has 0 unspecified atom stereocenters. The van der Waals surface area contributed by atoms with Gasteiger partial charge in [-0.2, -0.15) is 9.15 Å². The van der Waals surface area contributed by atoms with Gasteiger partial charge >= 0.3 is 0 Å². The first-order valence-corrected chi connectivity index (χ1v) is 5.46. The van der Waals surface area contributed by atoms with Crippen molar-refractivity contribution in [2.24, 2.45) is 0 Å². The van der Waals surface area contributed by atoms with E-state index in [4.69, 9.17) is 5.26 Å².